The Bertz CT molecular complexity index is 273. The summed E-state index contributed by atoms with van der Waals surface area (Å²) in [5, 5.41) is 0. The van der Waals surface area contributed by atoms with Crippen LogP contribution in [-0.4, -0.2) is 41.6 Å². The molecule has 0 saturated heterocycles. The largest absolute Gasteiger partial charge is 0.416 e. The van der Waals surface area contributed by atoms with Gasteiger partial charge in [0.2, 0.25) is 10.5 Å². The van der Waals surface area contributed by atoms with E-state index < -0.39 is 0 Å². The first-order valence-corrected chi connectivity index (χ1v) is 11.4. The molecule has 0 rings (SSSR count). The van der Waals surface area contributed by atoms with Gasteiger partial charge in [-0.05, 0) is 33.4 Å². The lowest BCUT2D eigenvalue weighted by molar-refractivity contribution is 0.0961. The molecule has 0 amide bonds. The van der Waals surface area contributed by atoms with Crippen molar-refractivity contribution < 1.29 is 4.43 Å². The van der Waals surface area contributed by atoms with Crippen molar-refractivity contribution in [2.24, 2.45) is 5.92 Å². The second-order valence-electron chi connectivity index (χ2n) is 8.24. The van der Waals surface area contributed by atoms with E-state index in [0.717, 1.165) is 0 Å². The topological polar surface area (TPSA) is 12.5 Å². The molecule has 0 N–H and O–H groups in total. The molecular weight excluding hydrogens is 322 g/mol. The molecule has 2 nitrogen and oxygen atoms in total. The van der Waals surface area contributed by atoms with Crippen molar-refractivity contribution in [2.45, 2.75) is 123 Å². The zero-order valence-corrected chi connectivity index (χ0v) is 19.0. The van der Waals surface area contributed by atoms with Gasteiger partial charge in [-0.25, -0.2) is 0 Å². The van der Waals surface area contributed by atoms with Crippen molar-refractivity contribution in [1.29, 1.82) is 0 Å². The third kappa shape index (κ3) is 13.9. The molecule has 0 bridgehead atoms. The predicted octanol–water partition coefficient (Wildman–Crippen LogP) is 6.52. The lowest BCUT2D eigenvalue weighted by Gasteiger charge is -2.33. The fourth-order valence-corrected chi connectivity index (χ4v) is 4.00. The van der Waals surface area contributed by atoms with Gasteiger partial charge in [0.25, 0.3) is 0 Å². The molecule has 0 aliphatic rings. The molecule has 25 heavy (non-hydrogen) atoms. The van der Waals surface area contributed by atoms with Crippen molar-refractivity contribution in [3.8, 4) is 0 Å². The fraction of sp³-hybridized carbons (Fsp3) is 1.00. The minimum atomic E-state index is 0.256. The Morgan fingerprint density at radius 2 is 1.12 bits per heavy atom. The monoisotopic (exact) mass is 368 g/mol. The summed E-state index contributed by atoms with van der Waals surface area (Å²) in [7, 11) is 7.60. The highest BCUT2D eigenvalue weighted by Crippen LogP contribution is 2.21. The molecule has 0 spiro atoms. The molecule has 3 unspecified atom stereocenters. The van der Waals surface area contributed by atoms with E-state index in [0.29, 0.717) is 12.0 Å². The van der Waals surface area contributed by atoms with Gasteiger partial charge in [0.15, 0.2) is 0 Å². The highest BCUT2D eigenvalue weighted by Gasteiger charge is 2.23. The quantitative estimate of drug-likeness (QED) is 0.202. The van der Waals surface area contributed by atoms with E-state index >= 15 is 0 Å². The summed E-state index contributed by atoms with van der Waals surface area (Å²) in [6.07, 6.45) is 20.1. The van der Waals surface area contributed by atoms with E-state index in [4.69, 9.17) is 4.43 Å². The van der Waals surface area contributed by atoms with Crippen LogP contribution < -0.4 is 0 Å². The molecule has 0 saturated carbocycles. The second-order valence-corrected chi connectivity index (χ2v) is 8.48. The standard InChI is InChI=1S/C22H46NOSi/c1-6-7-8-9-10-11-12-13-14-15-16-17-18-19-22(23(4)5)20(2)21(3)24-25/h20-22H,6-19H2,1-5H3. The molecule has 0 fully saturated rings. The fourth-order valence-electron chi connectivity index (χ4n) is 3.78. The molecule has 3 atom stereocenters. The average molecular weight is 369 g/mol. The summed E-state index contributed by atoms with van der Waals surface area (Å²) in [6, 6.07) is 0.610. The molecule has 0 heterocycles. The van der Waals surface area contributed by atoms with Gasteiger partial charge in [-0.1, -0.05) is 97.3 Å². The Labute approximate surface area is 163 Å². The summed E-state index contributed by atoms with van der Waals surface area (Å²) < 4.78 is 5.34. The Morgan fingerprint density at radius 1 is 0.720 bits per heavy atom. The highest BCUT2D eigenvalue weighted by molar-refractivity contribution is 5.98. The van der Waals surface area contributed by atoms with Crippen LogP contribution in [-0.2, 0) is 4.43 Å². The first-order valence-electron chi connectivity index (χ1n) is 11.0. The Balaban J connectivity index is 3.52. The number of hydrogen-bond donors (Lipinski definition) is 0. The molecule has 0 aromatic heterocycles. The first-order chi connectivity index (χ1) is 12.0. The van der Waals surface area contributed by atoms with E-state index in [9.17, 15) is 0 Å². The lowest BCUT2D eigenvalue weighted by Crippen LogP contribution is -2.39. The maximum atomic E-state index is 5.34. The summed E-state index contributed by atoms with van der Waals surface area (Å²) in [6.45, 7) is 6.75. The summed E-state index contributed by atoms with van der Waals surface area (Å²) in [4.78, 5) is 2.37. The average Bonchev–Trinajstić information content (AvgIpc) is 2.60. The van der Waals surface area contributed by atoms with Crippen molar-refractivity contribution >= 4 is 10.5 Å². The van der Waals surface area contributed by atoms with Crippen molar-refractivity contribution in [3.05, 3.63) is 0 Å². The second kappa shape index (κ2) is 17.5. The Morgan fingerprint density at radius 3 is 1.48 bits per heavy atom. The van der Waals surface area contributed by atoms with Gasteiger partial charge in [-0.15, -0.1) is 0 Å². The first kappa shape index (κ1) is 25.1. The van der Waals surface area contributed by atoms with E-state index in [2.05, 4.69) is 50.3 Å². The minimum Gasteiger partial charge on any atom is -0.416 e. The van der Waals surface area contributed by atoms with Crippen LogP contribution in [0.1, 0.15) is 111 Å². The van der Waals surface area contributed by atoms with Crippen molar-refractivity contribution in [1.82, 2.24) is 4.90 Å². The van der Waals surface area contributed by atoms with Gasteiger partial charge in [-0.3, -0.25) is 0 Å². The van der Waals surface area contributed by atoms with Gasteiger partial charge in [-0.2, -0.15) is 0 Å². The van der Waals surface area contributed by atoms with Crippen LogP contribution in [0, 0.1) is 5.92 Å². The summed E-state index contributed by atoms with van der Waals surface area (Å²) in [5.41, 5.74) is 0. The lowest BCUT2D eigenvalue weighted by atomic mass is 9.91. The van der Waals surface area contributed by atoms with Gasteiger partial charge in [0.05, 0.1) is 0 Å². The zero-order valence-electron chi connectivity index (χ0n) is 18.0. The van der Waals surface area contributed by atoms with Gasteiger partial charge >= 0.3 is 0 Å². The molecule has 149 valence electrons. The van der Waals surface area contributed by atoms with E-state index in [1.54, 1.807) is 0 Å². The van der Waals surface area contributed by atoms with Crippen LogP contribution in [0.3, 0.4) is 0 Å². The zero-order chi connectivity index (χ0) is 18.9. The van der Waals surface area contributed by atoms with Crippen LogP contribution >= 0.6 is 0 Å². The number of rotatable bonds is 18. The molecule has 0 aliphatic carbocycles. The van der Waals surface area contributed by atoms with Crippen LogP contribution in [0.4, 0.5) is 0 Å². The molecular formula is C22H46NOSi. The van der Waals surface area contributed by atoms with E-state index in [-0.39, 0.29) is 6.10 Å². The SMILES string of the molecule is CCCCCCCCCCCCCCCC(C(C)C(C)O[Si])N(C)C. The third-order valence-corrected chi connectivity index (χ3v) is 6.17. The molecule has 0 aromatic carbocycles. The number of nitrogens with zero attached hydrogens (tertiary/aromatic N) is 1. The molecule has 3 heteroatoms. The number of unbranched alkanes of at least 4 members (excludes halogenated alkanes) is 12. The van der Waals surface area contributed by atoms with Crippen molar-refractivity contribution in [3.63, 3.8) is 0 Å². The smallest absolute Gasteiger partial charge is 0.246 e. The predicted molar refractivity (Wildman–Crippen MR) is 113 cm³/mol. The van der Waals surface area contributed by atoms with Crippen LogP contribution in [0.2, 0.25) is 0 Å². The Hall–Kier alpha value is 0.137. The maximum Gasteiger partial charge on any atom is 0.246 e. The Kier molecular flexibility index (Phi) is 17.6. The molecule has 0 aliphatic heterocycles. The van der Waals surface area contributed by atoms with E-state index in [1.165, 1.54) is 89.9 Å². The summed E-state index contributed by atoms with van der Waals surface area (Å²) >= 11 is 0. The van der Waals surface area contributed by atoms with Crippen molar-refractivity contribution in [2.75, 3.05) is 14.1 Å². The van der Waals surface area contributed by atoms with Gasteiger partial charge in [0, 0.05) is 12.1 Å². The molecule has 3 radical (unpaired) electrons. The van der Waals surface area contributed by atoms with E-state index in [1.807, 2.05) is 0 Å². The number of hydrogen-bond acceptors (Lipinski definition) is 2. The highest BCUT2D eigenvalue weighted by atomic mass is 28.2. The normalized spacial score (nSPS) is 15.5. The van der Waals surface area contributed by atoms with Gasteiger partial charge < -0.3 is 9.33 Å². The maximum absolute atomic E-state index is 5.34. The van der Waals surface area contributed by atoms with Gasteiger partial charge in [0.1, 0.15) is 0 Å². The van der Waals surface area contributed by atoms with Crippen LogP contribution in [0.25, 0.3) is 0 Å². The summed E-state index contributed by atoms with van der Waals surface area (Å²) in [5.74, 6) is 0.546. The van der Waals surface area contributed by atoms with Crippen LogP contribution in [0.5, 0.6) is 0 Å². The third-order valence-electron chi connectivity index (χ3n) is 5.80. The van der Waals surface area contributed by atoms with Crippen LogP contribution in [0.15, 0.2) is 0 Å². The molecule has 0 aromatic rings. The minimum absolute atomic E-state index is 0.256.